The lowest BCUT2D eigenvalue weighted by molar-refractivity contribution is -0.138. The van der Waals surface area contributed by atoms with Crippen molar-refractivity contribution in [3.05, 3.63) is 69.5 Å². The van der Waals surface area contributed by atoms with Crippen molar-refractivity contribution in [2.75, 3.05) is 4.90 Å². The predicted molar refractivity (Wildman–Crippen MR) is 103 cm³/mol. The fourth-order valence-corrected chi connectivity index (χ4v) is 3.44. The first-order valence-electron chi connectivity index (χ1n) is 8.69. The number of benzene rings is 1. The Morgan fingerprint density at radius 3 is 2.42 bits per heavy atom. The normalized spacial score (nSPS) is 16.6. The van der Waals surface area contributed by atoms with Gasteiger partial charge in [-0.1, -0.05) is 35.3 Å². The maximum Gasteiger partial charge on any atom is 0.417 e. The van der Waals surface area contributed by atoms with Gasteiger partial charge in [-0.3, -0.25) is 4.79 Å². The highest BCUT2D eigenvalue weighted by Crippen LogP contribution is 2.36. The molecule has 12 heteroatoms. The number of anilines is 1. The topological polar surface area (TPSA) is 45.2 Å². The Hall–Kier alpha value is -2.46. The number of carbonyl (C=O) groups excluding carboxylic acids is 1. The number of halogens is 8. The molecule has 4 nitrogen and oxygen atoms in total. The lowest BCUT2D eigenvalue weighted by atomic mass is 10.1. The van der Waals surface area contributed by atoms with E-state index in [4.69, 9.17) is 23.2 Å². The van der Waals surface area contributed by atoms with Crippen LogP contribution in [0, 0.1) is 0 Å². The highest BCUT2D eigenvalue weighted by Gasteiger charge is 2.35. The molecule has 0 saturated carbocycles. The molecule has 1 unspecified atom stereocenters. The van der Waals surface area contributed by atoms with Gasteiger partial charge in [-0.15, -0.1) is 0 Å². The van der Waals surface area contributed by atoms with Crippen molar-refractivity contribution in [3.8, 4) is 0 Å². The third-order valence-electron chi connectivity index (χ3n) is 4.46. The number of rotatable bonds is 4. The molecule has 0 fully saturated rings. The first kappa shape index (κ1) is 23.2. The standard InChI is InChI=1S/C19H13Cl2F6N3O/c20-13-4-3-10(6-12(13)19(25,26)27)8-29-17(31)15-2-1-5-30(15)16-14(21)7-11(9-28-16)18(22,23)24/h1,3-7,9,15H,2,8H2,(H,29,31). The van der Waals surface area contributed by atoms with Gasteiger partial charge in [0.05, 0.1) is 21.2 Å². The van der Waals surface area contributed by atoms with Gasteiger partial charge in [-0.2, -0.15) is 26.3 Å². The Kier molecular flexibility index (Phi) is 6.43. The summed E-state index contributed by atoms with van der Waals surface area (Å²) < 4.78 is 77.3. The van der Waals surface area contributed by atoms with Crippen LogP contribution in [0.5, 0.6) is 0 Å². The highest BCUT2D eigenvalue weighted by atomic mass is 35.5. The number of nitrogens with one attached hydrogen (secondary N) is 1. The summed E-state index contributed by atoms with van der Waals surface area (Å²) in [5, 5.41) is 1.75. The molecule has 1 amide bonds. The Labute approximate surface area is 182 Å². The molecule has 1 aliphatic heterocycles. The summed E-state index contributed by atoms with van der Waals surface area (Å²) in [7, 11) is 0. The molecule has 0 bridgehead atoms. The number of amides is 1. The van der Waals surface area contributed by atoms with E-state index in [0.717, 1.165) is 12.1 Å². The molecule has 2 heterocycles. The second-order valence-electron chi connectivity index (χ2n) is 6.60. The minimum atomic E-state index is -4.64. The zero-order valence-electron chi connectivity index (χ0n) is 15.4. The van der Waals surface area contributed by atoms with Crippen molar-refractivity contribution in [1.29, 1.82) is 0 Å². The zero-order valence-corrected chi connectivity index (χ0v) is 16.9. The van der Waals surface area contributed by atoms with Crippen molar-refractivity contribution < 1.29 is 31.1 Å². The number of alkyl halides is 6. The molecule has 31 heavy (non-hydrogen) atoms. The summed E-state index contributed by atoms with van der Waals surface area (Å²) in [5.41, 5.74) is -1.88. The maximum atomic E-state index is 13.0. The van der Waals surface area contributed by atoms with Gasteiger partial charge in [0.15, 0.2) is 5.82 Å². The molecule has 1 N–H and O–H groups in total. The van der Waals surface area contributed by atoms with Crippen LogP contribution in [0.2, 0.25) is 10.0 Å². The zero-order chi connectivity index (χ0) is 23.0. The molecule has 1 aliphatic rings. The number of nitrogens with zero attached hydrogens (tertiary/aromatic N) is 2. The second kappa shape index (κ2) is 8.58. The number of carbonyl (C=O) groups is 1. The van der Waals surface area contributed by atoms with Crippen molar-refractivity contribution in [2.45, 2.75) is 31.4 Å². The van der Waals surface area contributed by atoms with E-state index in [1.54, 1.807) is 6.08 Å². The van der Waals surface area contributed by atoms with Crippen LogP contribution in [0.3, 0.4) is 0 Å². The van der Waals surface area contributed by atoms with Crippen molar-refractivity contribution in [2.24, 2.45) is 0 Å². The van der Waals surface area contributed by atoms with E-state index in [-0.39, 0.29) is 29.4 Å². The Morgan fingerprint density at radius 2 is 1.81 bits per heavy atom. The first-order chi connectivity index (χ1) is 14.4. The van der Waals surface area contributed by atoms with E-state index in [1.165, 1.54) is 17.2 Å². The SMILES string of the molecule is O=C(NCc1ccc(Cl)c(C(F)(F)F)c1)C1CC=CN1c1ncc(C(F)(F)F)cc1Cl. The van der Waals surface area contributed by atoms with Crippen LogP contribution in [0.1, 0.15) is 23.1 Å². The number of aromatic nitrogens is 1. The van der Waals surface area contributed by atoms with E-state index < -0.39 is 40.5 Å². The van der Waals surface area contributed by atoms with E-state index in [1.807, 2.05) is 0 Å². The predicted octanol–water partition coefficient (Wildman–Crippen LogP) is 5.83. The van der Waals surface area contributed by atoms with Crippen molar-refractivity contribution >= 4 is 34.9 Å². The van der Waals surface area contributed by atoms with Crippen LogP contribution < -0.4 is 10.2 Å². The highest BCUT2D eigenvalue weighted by molar-refractivity contribution is 6.33. The molecule has 0 aliphatic carbocycles. The van der Waals surface area contributed by atoms with Crippen LogP contribution >= 0.6 is 23.2 Å². The van der Waals surface area contributed by atoms with Gasteiger partial charge >= 0.3 is 12.4 Å². The molecule has 0 spiro atoms. The van der Waals surface area contributed by atoms with Gasteiger partial charge < -0.3 is 10.2 Å². The summed E-state index contributed by atoms with van der Waals surface area (Å²) in [6, 6.07) is 3.09. The van der Waals surface area contributed by atoms with Gasteiger partial charge in [0.25, 0.3) is 0 Å². The van der Waals surface area contributed by atoms with Crippen LogP contribution in [-0.4, -0.2) is 16.9 Å². The van der Waals surface area contributed by atoms with E-state index >= 15 is 0 Å². The fourth-order valence-electron chi connectivity index (χ4n) is 2.95. The van der Waals surface area contributed by atoms with Gasteiger partial charge in [0.1, 0.15) is 6.04 Å². The van der Waals surface area contributed by atoms with Crippen molar-refractivity contribution in [3.63, 3.8) is 0 Å². The smallest absolute Gasteiger partial charge is 0.350 e. The quantitative estimate of drug-likeness (QED) is 0.556. The molecule has 3 rings (SSSR count). The van der Waals surface area contributed by atoms with Gasteiger partial charge in [0, 0.05) is 18.9 Å². The van der Waals surface area contributed by atoms with Crippen molar-refractivity contribution in [1.82, 2.24) is 10.3 Å². The monoisotopic (exact) mass is 483 g/mol. The average Bonchev–Trinajstić information content (AvgIpc) is 3.15. The average molecular weight is 484 g/mol. The third kappa shape index (κ3) is 5.24. The molecule has 0 saturated heterocycles. The minimum absolute atomic E-state index is 0.0468. The Balaban J connectivity index is 1.73. The molecular formula is C19H13Cl2F6N3O. The van der Waals surface area contributed by atoms with Gasteiger partial charge in [0.2, 0.25) is 5.91 Å². The van der Waals surface area contributed by atoms with Crippen LogP contribution in [0.15, 0.2) is 42.7 Å². The molecule has 1 atom stereocenters. The lowest BCUT2D eigenvalue weighted by Crippen LogP contribution is -2.42. The lowest BCUT2D eigenvalue weighted by Gasteiger charge is -2.25. The Bertz CT molecular complexity index is 1020. The van der Waals surface area contributed by atoms with Crippen LogP contribution in [0.4, 0.5) is 32.2 Å². The summed E-state index contributed by atoms with van der Waals surface area (Å²) in [5.74, 6) is -0.610. The summed E-state index contributed by atoms with van der Waals surface area (Å²) in [6.07, 6.45) is -5.40. The molecule has 166 valence electrons. The maximum absolute atomic E-state index is 13.0. The summed E-state index contributed by atoms with van der Waals surface area (Å²) >= 11 is 11.5. The first-order valence-corrected chi connectivity index (χ1v) is 9.44. The molecule has 2 aromatic rings. The van der Waals surface area contributed by atoms with E-state index in [2.05, 4.69) is 10.3 Å². The van der Waals surface area contributed by atoms with Crippen LogP contribution in [-0.2, 0) is 23.7 Å². The molecule has 1 aromatic carbocycles. The number of hydrogen-bond acceptors (Lipinski definition) is 3. The van der Waals surface area contributed by atoms with E-state index in [9.17, 15) is 31.1 Å². The van der Waals surface area contributed by atoms with Crippen LogP contribution in [0.25, 0.3) is 0 Å². The summed E-state index contributed by atoms with van der Waals surface area (Å²) in [6.45, 7) is -0.211. The second-order valence-corrected chi connectivity index (χ2v) is 7.41. The van der Waals surface area contributed by atoms with Gasteiger partial charge in [-0.05, 0) is 30.2 Å². The fraction of sp³-hybridized carbons (Fsp3) is 0.263. The van der Waals surface area contributed by atoms with Gasteiger partial charge in [-0.25, -0.2) is 4.98 Å². The molecule has 1 aromatic heterocycles. The molecule has 0 radical (unpaired) electrons. The number of pyridine rings is 1. The molecular weight excluding hydrogens is 471 g/mol. The largest absolute Gasteiger partial charge is 0.417 e. The number of hydrogen-bond donors (Lipinski definition) is 1. The minimum Gasteiger partial charge on any atom is -0.350 e. The van der Waals surface area contributed by atoms with E-state index in [0.29, 0.717) is 12.3 Å². The third-order valence-corrected chi connectivity index (χ3v) is 5.07. The summed E-state index contributed by atoms with van der Waals surface area (Å²) in [4.78, 5) is 17.6. The Morgan fingerprint density at radius 1 is 1.10 bits per heavy atom.